The van der Waals surface area contributed by atoms with Crippen molar-refractivity contribution >= 4 is 23.3 Å². The lowest BCUT2D eigenvalue weighted by Gasteiger charge is -2.11. The van der Waals surface area contributed by atoms with E-state index in [9.17, 15) is 10.1 Å². The minimum atomic E-state index is -0.462. The van der Waals surface area contributed by atoms with E-state index >= 15 is 0 Å². The summed E-state index contributed by atoms with van der Waals surface area (Å²) in [5.74, 6) is 0.371. The average Bonchev–Trinajstić information content (AvgIpc) is 2.52. The van der Waals surface area contributed by atoms with E-state index in [2.05, 4.69) is 4.99 Å². The van der Waals surface area contributed by atoms with Gasteiger partial charge in [0.25, 0.3) is 5.69 Å². The van der Waals surface area contributed by atoms with Crippen LogP contribution in [0.25, 0.3) is 0 Å². The predicted octanol–water partition coefficient (Wildman–Crippen LogP) is 3.42. The zero-order chi connectivity index (χ0) is 16.1. The van der Waals surface area contributed by atoms with E-state index < -0.39 is 4.92 Å². The first-order valence-corrected chi connectivity index (χ1v) is 6.65. The number of non-ortho nitro benzene ring substituents is 1. The molecule has 0 aliphatic carbocycles. The molecule has 0 saturated carbocycles. The maximum atomic E-state index is 10.8. The minimum absolute atomic E-state index is 0.0221. The number of ether oxygens (including phenoxy) is 1. The van der Waals surface area contributed by atoms with Gasteiger partial charge >= 0.3 is 0 Å². The monoisotopic (exact) mass is 299 g/mol. The van der Waals surface area contributed by atoms with Gasteiger partial charge in [0.15, 0.2) is 5.75 Å². The van der Waals surface area contributed by atoms with Crippen molar-refractivity contribution in [2.75, 3.05) is 26.1 Å². The molecule has 22 heavy (non-hydrogen) atoms. The van der Waals surface area contributed by atoms with Gasteiger partial charge in [0.1, 0.15) is 5.69 Å². The molecule has 0 bridgehead atoms. The molecule has 2 aromatic rings. The normalized spacial score (nSPS) is 10.7. The van der Waals surface area contributed by atoms with Gasteiger partial charge in [-0.3, -0.25) is 15.1 Å². The Kier molecular flexibility index (Phi) is 4.73. The second kappa shape index (κ2) is 6.71. The number of nitro benzene ring substituents is 1. The van der Waals surface area contributed by atoms with Gasteiger partial charge in [-0.15, -0.1) is 0 Å². The van der Waals surface area contributed by atoms with Gasteiger partial charge in [-0.1, -0.05) is 12.1 Å². The van der Waals surface area contributed by atoms with E-state index in [4.69, 9.17) is 4.74 Å². The first-order valence-electron chi connectivity index (χ1n) is 6.65. The standard InChI is InChI=1S/C16H17N3O3/c1-18(2)13-6-4-12(5-7-13)11-17-15-9-8-14(19(20)21)10-16(15)22-3/h4-11H,1-3H3. The van der Waals surface area contributed by atoms with E-state index in [0.717, 1.165) is 11.3 Å². The van der Waals surface area contributed by atoms with Crippen LogP contribution in [0.3, 0.4) is 0 Å². The fourth-order valence-electron chi connectivity index (χ4n) is 1.89. The summed E-state index contributed by atoms with van der Waals surface area (Å²) in [6.45, 7) is 0. The van der Waals surface area contributed by atoms with Crippen LogP contribution in [-0.4, -0.2) is 32.3 Å². The molecule has 0 heterocycles. The molecule has 0 aliphatic heterocycles. The van der Waals surface area contributed by atoms with Gasteiger partial charge < -0.3 is 9.64 Å². The predicted molar refractivity (Wildman–Crippen MR) is 87.7 cm³/mol. The molecule has 6 nitrogen and oxygen atoms in total. The number of rotatable bonds is 5. The highest BCUT2D eigenvalue weighted by Gasteiger charge is 2.10. The summed E-state index contributed by atoms with van der Waals surface area (Å²) in [6, 6.07) is 12.2. The van der Waals surface area contributed by atoms with Crippen molar-refractivity contribution in [2.45, 2.75) is 0 Å². The summed E-state index contributed by atoms with van der Waals surface area (Å²) < 4.78 is 5.15. The number of benzene rings is 2. The Hall–Kier alpha value is -2.89. The van der Waals surface area contributed by atoms with Crippen LogP contribution in [-0.2, 0) is 0 Å². The molecule has 0 fully saturated rings. The molecule has 0 saturated heterocycles. The molecule has 0 amide bonds. The SMILES string of the molecule is COc1cc([N+](=O)[O-])ccc1N=Cc1ccc(N(C)C)cc1. The van der Waals surface area contributed by atoms with Gasteiger partial charge in [-0.25, -0.2) is 0 Å². The Morgan fingerprint density at radius 2 is 1.86 bits per heavy atom. The number of aliphatic imine (C=N–C) groups is 1. The topological polar surface area (TPSA) is 68.0 Å². The number of methoxy groups -OCH3 is 1. The molecule has 0 spiro atoms. The maximum Gasteiger partial charge on any atom is 0.273 e. The Morgan fingerprint density at radius 3 is 2.41 bits per heavy atom. The number of hydrogen-bond acceptors (Lipinski definition) is 5. The van der Waals surface area contributed by atoms with Gasteiger partial charge in [0.2, 0.25) is 0 Å². The van der Waals surface area contributed by atoms with Crippen LogP contribution >= 0.6 is 0 Å². The molecular weight excluding hydrogens is 282 g/mol. The largest absolute Gasteiger partial charge is 0.494 e. The van der Waals surface area contributed by atoms with Crippen molar-refractivity contribution in [3.63, 3.8) is 0 Å². The third-order valence-electron chi connectivity index (χ3n) is 3.14. The molecule has 114 valence electrons. The Morgan fingerprint density at radius 1 is 1.18 bits per heavy atom. The number of hydrogen-bond donors (Lipinski definition) is 0. The summed E-state index contributed by atoms with van der Waals surface area (Å²) in [4.78, 5) is 16.6. The van der Waals surface area contributed by atoms with Crippen LogP contribution in [0.1, 0.15) is 5.56 Å². The van der Waals surface area contributed by atoms with E-state index in [0.29, 0.717) is 11.4 Å². The molecule has 0 unspecified atom stereocenters. The van der Waals surface area contributed by atoms with E-state index in [1.165, 1.54) is 19.2 Å². The summed E-state index contributed by atoms with van der Waals surface area (Å²) in [6.07, 6.45) is 1.70. The van der Waals surface area contributed by atoms with E-state index in [-0.39, 0.29) is 5.69 Å². The maximum absolute atomic E-state index is 10.8. The second-order valence-electron chi connectivity index (χ2n) is 4.86. The first kappa shape index (κ1) is 15.5. The number of anilines is 1. The third kappa shape index (κ3) is 3.60. The summed E-state index contributed by atoms with van der Waals surface area (Å²) in [7, 11) is 5.42. The van der Waals surface area contributed by atoms with Crippen molar-refractivity contribution in [1.29, 1.82) is 0 Å². The second-order valence-corrected chi connectivity index (χ2v) is 4.86. The zero-order valence-corrected chi connectivity index (χ0v) is 12.7. The van der Waals surface area contributed by atoms with Crippen molar-refractivity contribution in [3.05, 3.63) is 58.1 Å². The Bertz CT molecular complexity index is 694. The van der Waals surface area contributed by atoms with Gasteiger partial charge in [0, 0.05) is 32.1 Å². The summed E-state index contributed by atoms with van der Waals surface area (Å²) in [5, 5.41) is 10.8. The average molecular weight is 299 g/mol. The fraction of sp³-hybridized carbons (Fsp3) is 0.188. The van der Waals surface area contributed by atoms with Crippen LogP contribution < -0.4 is 9.64 Å². The highest BCUT2D eigenvalue weighted by molar-refractivity contribution is 5.83. The molecule has 0 radical (unpaired) electrons. The van der Waals surface area contributed by atoms with Crippen LogP contribution in [0.4, 0.5) is 17.1 Å². The van der Waals surface area contributed by atoms with Gasteiger partial charge in [-0.2, -0.15) is 0 Å². The molecule has 6 heteroatoms. The molecule has 0 aromatic heterocycles. The van der Waals surface area contributed by atoms with Crippen LogP contribution in [0.5, 0.6) is 5.75 Å². The summed E-state index contributed by atoms with van der Waals surface area (Å²) >= 11 is 0. The fourth-order valence-corrected chi connectivity index (χ4v) is 1.89. The molecule has 2 aromatic carbocycles. The van der Waals surface area contributed by atoms with Crippen LogP contribution in [0, 0.1) is 10.1 Å². The Balaban J connectivity index is 2.24. The third-order valence-corrected chi connectivity index (χ3v) is 3.14. The highest BCUT2D eigenvalue weighted by Crippen LogP contribution is 2.31. The van der Waals surface area contributed by atoms with Crippen molar-refractivity contribution in [2.24, 2.45) is 4.99 Å². The number of nitrogens with zero attached hydrogens (tertiary/aromatic N) is 3. The van der Waals surface area contributed by atoms with Crippen molar-refractivity contribution in [1.82, 2.24) is 0 Å². The first-order chi connectivity index (χ1) is 10.5. The van der Waals surface area contributed by atoms with Gasteiger partial charge in [-0.05, 0) is 23.8 Å². The van der Waals surface area contributed by atoms with E-state index in [1.54, 1.807) is 12.3 Å². The number of nitro groups is 1. The van der Waals surface area contributed by atoms with Crippen LogP contribution in [0.2, 0.25) is 0 Å². The molecular formula is C16H17N3O3. The zero-order valence-electron chi connectivity index (χ0n) is 12.7. The lowest BCUT2D eigenvalue weighted by atomic mass is 10.2. The summed E-state index contributed by atoms with van der Waals surface area (Å²) in [5.41, 5.74) is 2.56. The smallest absolute Gasteiger partial charge is 0.273 e. The molecule has 0 aliphatic rings. The van der Waals surface area contributed by atoms with Gasteiger partial charge in [0.05, 0.1) is 18.1 Å². The highest BCUT2D eigenvalue weighted by atomic mass is 16.6. The quantitative estimate of drug-likeness (QED) is 0.482. The Labute approximate surface area is 128 Å². The lowest BCUT2D eigenvalue weighted by Crippen LogP contribution is -2.08. The molecule has 2 rings (SSSR count). The molecule has 0 N–H and O–H groups in total. The van der Waals surface area contributed by atoms with Crippen molar-refractivity contribution in [3.8, 4) is 5.75 Å². The lowest BCUT2D eigenvalue weighted by molar-refractivity contribution is -0.384. The minimum Gasteiger partial charge on any atom is -0.494 e. The molecule has 0 atom stereocenters. The van der Waals surface area contributed by atoms with Crippen LogP contribution in [0.15, 0.2) is 47.5 Å². The van der Waals surface area contributed by atoms with E-state index in [1.807, 2.05) is 43.3 Å². The van der Waals surface area contributed by atoms with Crippen molar-refractivity contribution < 1.29 is 9.66 Å².